The zero-order chi connectivity index (χ0) is 23.1. The molecule has 1 aromatic carbocycles. The van der Waals surface area contributed by atoms with Gasteiger partial charge in [0, 0.05) is 17.6 Å². The number of ether oxygens (including phenoxy) is 1. The molecule has 2 fully saturated rings. The van der Waals surface area contributed by atoms with Gasteiger partial charge in [0.05, 0.1) is 6.10 Å². The number of halogens is 1. The van der Waals surface area contributed by atoms with Crippen molar-refractivity contribution < 1.29 is 13.2 Å². The van der Waals surface area contributed by atoms with Crippen molar-refractivity contribution in [1.29, 1.82) is 0 Å². The lowest BCUT2D eigenvalue weighted by atomic mass is 9.84. The van der Waals surface area contributed by atoms with Gasteiger partial charge in [-0.3, -0.25) is 0 Å². The van der Waals surface area contributed by atoms with Crippen molar-refractivity contribution in [2.75, 3.05) is 26.7 Å². The molecule has 1 aliphatic heterocycles. The molecular formula is C24H40BrN3O3S. The Morgan fingerprint density at radius 3 is 2.41 bits per heavy atom. The van der Waals surface area contributed by atoms with E-state index in [1.807, 2.05) is 6.07 Å². The number of benzene rings is 1. The van der Waals surface area contributed by atoms with E-state index in [2.05, 4.69) is 56.3 Å². The van der Waals surface area contributed by atoms with E-state index < -0.39 is 10.2 Å². The first kappa shape index (κ1) is 25.9. The molecule has 1 saturated carbocycles. The predicted octanol–water partition coefficient (Wildman–Crippen LogP) is 4.49. The van der Waals surface area contributed by atoms with Gasteiger partial charge in [-0.15, -0.1) is 0 Å². The Hall–Kier alpha value is -0.670. The van der Waals surface area contributed by atoms with Crippen LogP contribution >= 0.6 is 15.9 Å². The van der Waals surface area contributed by atoms with Crippen LogP contribution < -0.4 is 14.2 Å². The molecule has 3 rings (SSSR count). The molecule has 0 amide bonds. The Morgan fingerprint density at radius 1 is 1.09 bits per heavy atom. The minimum absolute atomic E-state index is 0.0863. The van der Waals surface area contributed by atoms with Crippen LogP contribution in [0.5, 0.6) is 5.75 Å². The van der Waals surface area contributed by atoms with E-state index in [9.17, 15) is 8.42 Å². The molecule has 6 nitrogen and oxygen atoms in total. The zero-order valence-electron chi connectivity index (χ0n) is 19.8. The molecule has 0 spiro atoms. The van der Waals surface area contributed by atoms with Crippen LogP contribution in [0.25, 0.3) is 0 Å². The van der Waals surface area contributed by atoms with Gasteiger partial charge in [-0.1, -0.05) is 15.9 Å². The first-order valence-electron chi connectivity index (χ1n) is 12.1. The number of likely N-dealkylation sites (tertiary alicyclic amines) is 1. The lowest BCUT2D eigenvalue weighted by molar-refractivity contribution is 0.164. The first-order valence-corrected chi connectivity index (χ1v) is 14.4. The van der Waals surface area contributed by atoms with Gasteiger partial charge in [0.15, 0.2) is 0 Å². The third kappa shape index (κ3) is 8.28. The van der Waals surface area contributed by atoms with E-state index in [0.717, 1.165) is 49.7 Å². The van der Waals surface area contributed by atoms with Gasteiger partial charge in [0.2, 0.25) is 0 Å². The molecule has 1 aromatic rings. The molecule has 2 N–H and O–H groups in total. The quantitative estimate of drug-likeness (QED) is 0.468. The molecule has 0 atom stereocenters. The van der Waals surface area contributed by atoms with Crippen molar-refractivity contribution in [1.82, 2.24) is 14.3 Å². The standard InChI is InChI=1S/C24H40BrN3O3S/c1-18(2)31-23-8-9-24(25)21(17-23)16-20-11-14-28(15-12-20)13-10-19-4-6-22(7-5-19)27-32(29,30)26-3/h8-9,17-20,22,26-27H,4-7,10-16H2,1-3H3. The summed E-state index contributed by atoms with van der Waals surface area (Å²) in [6.45, 7) is 7.66. The molecular weight excluding hydrogens is 490 g/mol. The first-order chi connectivity index (χ1) is 15.2. The minimum Gasteiger partial charge on any atom is -0.491 e. The van der Waals surface area contributed by atoms with Gasteiger partial charge in [-0.05, 0) is 120 Å². The Morgan fingerprint density at radius 2 is 1.78 bits per heavy atom. The summed E-state index contributed by atoms with van der Waals surface area (Å²) in [5, 5.41) is 0. The molecule has 2 aliphatic rings. The maximum atomic E-state index is 11.7. The highest BCUT2D eigenvalue weighted by Gasteiger charge is 2.26. The third-order valence-corrected chi connectivity index (χ3v) is 8.85. The Kier molecular flexibility index (Phi) is 9.85. The van der Waals surface area contributed by atoms with Crippen molar-refractivity contribution in [3.8, 4) is 5.75 Å². The number of hydrogen-bond donors (Lipinski definition) is 2. The van der Waals surface area contributed by atoms with Crippen LogP contribution in [0, 0.1) is 11.8 Å². The predicted molar refractivity (Wildman–Crippen MR) is 134 cm³/mol. The molecule has 182 valence electrons. The summed E-state index contributed by atoms with van der Waals surface area (Å²) in [5.74, 6) is 2.42. The second-order valence-electron chi connectivity index (χ2n) is 9.74. The lowest BCUT2D eigenvalue weighted by Crippen LogP contribution is -2.43. The summed E-state index contributed by atoms with van der Waals surface area (Å²) in [6, 6.07) is 6.44. The molecule has 0 radical (unpaired) electrons. The van der Waals surface area contributed by atoms with Gasteiger partial charge < -0.3 is 9.64 Å². The fourth-order valence-corrected chi connectivity index (χ4v) is 6.19. The molecule has 8 heteroatoms. The van der Waals surface area contributed by atoms with Crippen LogP contribution in [0.15, 0.2) is 22.7 Å². The van der Waals surface area contributed by atoms with Crippen molar-refractivity contribution >= 4 is 26.1 Å². The average molecular weight is 531 g/mol. The summed E-state index contributed by atoms with van der Waals surface area (Å²) in [4.78, 5) is 2.62. The molecule has 0 bridgehead atoms. The van der Waals surface area contributed by atoms with E-state index in [1.165, 1.54) is 56.0 Å². The van der Waals surface area contributed by atoms with E-state index in [0.29, 0.717) is 0 Å². The SMILES string of the molecule is CNS(=O)(=O)NC1CCC(CCN2CCC(Cc3cc(OC(C)C)ccc3Br)CC2)CC1. The Labute approximate surface area is 203 Å². The summed E-state index contributed by atoms with van der Waals surface area (Å²) >= 11 is 3.72. The zero-order valence-corrected chi connectivity index (χ0v) is 22.2. The highest BCUT2D eigenvalue weighted by molar-refractivity contribution is 9.10. The fourth-order valence-electron chi connectivity index (χ4n) is 4.99. The molecule has 1 saturated heterocycles. The van der Waals surface area contributed by atoms with Crippen LogP contribution in [0.3, 0.4) is 0 Å². The monoisotopic (exact) mass is 529 g/mol. The van der Waals surface area contributed by atoms with Crippen molar-refractivity contribution in [3.05, 3.63) is 28.2 Å². The van der Waals surface area contributed by atoms with Crippen LogP contribution in [0.1, 0.15) is 64.4 Å². The Bertz CT molecular complexity index is 818. The van der Waals surface area contributed by atoms with Gasteiger partial charge in [-0.25, -0.2) is 4.72 Å². The average Bonchev–Trinajstić information content (AvgIpc) is 2.76. The van der Waals surface area contributed by atoms with E-state index in [-0.39, 0.29) is 12.1 Å². The smallest absolute Gasteiger partial charge is 0.276 e. The van der Waals surface area contributed by atoms with Crippen LogP contribution in [0.4, 0.5) is 0 Å². The van der Waals surface area contributed by atoms with Gasteiger partial charge >= 0.3 is 0 Å². The molecule has 32 heavy (non-hydrogen) atoms. The molecule has 1 aliphatic carbocycles. The topological polar surface area (TPSA) is 70.7 Å². The number of hydrogen-bond acceptors (Lipinski definition) is 4. The second kappa shape index (κ2) is 12.2. The highest BCUT2D eigenvalue weighted by Crippen LogP contribution is 2.31. The number of nitrogens with one attached hydrogen (secondary N) is 2. The molecule has 1 heterocycles. The summed E-state index contributed by atoms with van der Waals surface area (Å²) < 4.78 is 35.5. The Balaban J connectivity index is 1.36. The summed E-state index contributed by atoms with van der Waals surface area (Å²) in [7, 11) is -1.87. The second-order valence-corrected chi connectivity index (χ2v) is 12.2. The minimum atomic E-state index is -3.32. The van der Waals surface area contributed by atoms with Crippen molar-refractivity contribution in [2.24, 2.45) is 11.8 Å². The molecule has 0 unspecified atom stereocenters. The lowest BCUT2D eigenvalue weighted by Gasteiger charge is -2.34. The molecule has 0 aromatic heterocycles. The van der Waals surface area contributed by atoms with Crippen molar-refractivity contribution in [2.45, 2.75) is 77.4 Å². The van der Waals surface area contributed by atoms with Gasteiger partial charge in [0.1, 0.15) is 5.75 Å². The summed E-state index contributed by atoms with van der Waals surface area (Å²) in [6.07, 6.45) is 9.17. The fraction of sp³-hybridized carbons (Fsp3) is 0.750. The number of piperidine rings is 1. The number of rotatable bonds is 10. The normalized spacial score (nSPS) is 23.5. The van der Waals surface area contributed by atoms with E-state index in [1.54, 1.807) is 0 Å². The van der Waals surface area contributed by atoms with E-state index >= 15 is 0 Å². The van der Waals surface area contributed by atoms with E-state index in [4.69, 9.17) is 4.74 Å². The van der Waals surface area contributed by atoms with Crippen LogP contribution in [0.2, 0.25) is 0 Å². The number of nitrogens with zero attached hydrogens (tertiary/aromatic N) is 1. The highest BCUT2D eigenvalue weighted by atomic mass is 79.9. The van der Waals surface area contributed by atoms with Gasteiger partial charge in [0.25, 0.3) is 10.2 Å². The van der Waals surface area contributed by atoms with Gasteiger partial charge in [-0.2, -0.15) is 13.1 Å². The van der Waals surface area contributed by atoms with Crippen molar-refractivity contribution in [3.63, 3.8) is 0 Å². The summed E-state index contributed by atoms with van der Waals surface area (Å²) in [5.41, 5.74) is 1.35. The maximum Gasteiger partial charge on any atom is 0.276 e. The van der Waals surface area contributed by atoms with Crippen LogP contribution in [-0.2, 0) is 16.6 Å². The third-order valence-electron chi connectivity index (χ3n) is 6.90. The largest absolute Gasteiger partial charge is 0.491 e. The maximum absolute atomic E-state index is 11.7. The van der Waals surface area contributed by atoms with Crippen LogP contribution in [-0.4, -0.2) is 52.1 Å².